The molecule has 0 unspecified atom stereocenters. The van der Waals surface area contributed by atoms with Crippen molar-refractivity contribution < 1.29 is 4.74 Å². The minimum atomic E-state index is 0.213. The third-order valence-electron chi connectivity index (χ3n) is 1.70. The Morgan fingerprint density at radius 2 is 2.13 bits per heavy atom. The van der Waals surface area contributed by atoms with Crippen LogP contribution >= 0.6 is 0 Å². The van der Waals surface area contributed by atoms with Crippen molar-refractivity contribution >= 4 is 5.95 Å². The lowest BCUT2D eigenvalue weighted by atomic mass is 9.97. The van der Waals surface area contributed by atoms with Gasteiger partial charge in [0.25, 0.3) is 0 Å². The van der Waals surface area contributed by atoms with E-state index in [-0.39, 0.29) is 5.41 Å². The Balaban J connectivity index is 2.57. The molecule has 1 heterocycles. The first kappa shape index (κ1) is 11.8. The van der Waals surface area contributed by atoms with Gasteiger partial charge in [-0.15, -0.1) is 0 Å². The molecule has 4 nitrogen and oxygen atoms in total. The molecule has 0 atom stereocenters. The van der Waals surface area contributed by atoms with Gasteiger partial charge in [0, 0.05) is 18.8 Å². The minimum Gasteiger partial charge on any atom is -0.478 e. The molecule has 0 radical (unpaired) electrons. The van der Waals surface area contributed by atoms with Gasteiger partial charge < -0.3 is 10.1 Å². The summed E-state index contributed by atoms with van der Waals surface area (Å²) in [6.45, 7) is 9.87. The molecular weight excluding hydrogens is 190 g/mol. The van der Waals surface area contributed by atoms with Crippen molar-refractivity contribution in [1.29, 1.82) is 0 Å². The summed E-state index contributed by atoms with van der Waals surface area (Å²) < 4.78 is 5.29. The molecule has 1 rings (SSSR count). The zero-order valence-electron chi connectivity index (χ0n) is 9.87. The Hall–Kier alpha value is -1.32. The second kappa shape index (κ2) is 4.96. The lowest BCUT2D eigenvalue weighted by Gasteiger charge is -2.18. The van der Waals surface area contributed by atoms with Crippen LogP contribution in [0.15, 0.2) is 12.3 Å². The van der Waals surface area contributed by atoms with Gasteiger partial charge in [-0.25, -0.2) is 4.98 Å². The summed E-state index contributed by atoms with van der Waals surface area (Å²) in [6.07, 6.45) is 1.70. The maximum absolute atomic E-state index is 5.29. The predicted octanol–water partition coefficient (Wildman–Crippen LogP) is 2.33. The number of aromatic nitrogens is 2. The fourth-order valence-electron chi connectivity index (χ4n) is 1.000. The average Bonchev–Trinajstić information content (AvgIpc) is 2.15. The molecule has 1 N–H and O–H groups in total. The van der Waals surface area contributed by atoms with Gasteiger partial charge in [-0.2, -0.15) is 4.98 Å². The molecule has 0 aromatic carbocycles. The molecule has 0 amide bonds. The van der Waals surface area contributed by atoms with E-state index in [0.29, 0.717) is 18.4 Å². The average molecular weight is 209 g/mol. The van der Waals surface area contributed by atoms with Crippen LogP contribution in [-0.4, -0.2) is 23.1 Å². The van der Waals surface area contributed by atoms with E-state index in [9.17, 15) is 0 Å². The maximum Gasteiger partial charge on any atom is 0.225 e. The highest BCUT2D eigenvalue weighted by Crippen LogP contribution is 2.14. The highest BCUT2D eigenvalue weighted by Gasteiger charge is 2.10. The normalized spacial score (nSPS) is 11.2. The summed E-state index contributed by atoms with van der Waals surface area (Å²) in [5, 5.41) is 3.18. The lowest BCUT2D eigenvalue weighted by Crippen LogP contribution is -2.20. The van der Waals surface area contributed by atoms with Gasteiger partial charge in [0.05, 0.1) is 6.61 Å². The van der Waals surface area contributed by atoms with Crippen molar-refractivity contribution in [3.05, 3.63) is 12.3 Å². The Labute approximate surface area is 91.1 Å². The van der Waals surface area contributed by atoms with Crippen LogP contribution in [0.3, 0.4) is 0 Å². The Bertz CT molecular complexity index is 307. The van der Waals surface area contributed by atoms with E-state index < -0.39 is 0 Å². The molecule has 15 heavy (non-hydrogen) atoms. The molecule has 1 aromatic rings. The van der Waals surface area contributed by atoms with Crippen molar-refractivity contribution in [3.63, 3.8) is 0 Å². The van der Waals surface area contributed by atoms with Crippen molar-refractivity contribution in [1.82, 2.24) is 9.97 Å². The van der Waals surface area contributed by atoms with Gasteiger partial charge >= 0.3 is 0 Å². The summed E-state index contributed by atoms with van der Waals surface area (Å²) in [7, 11) is 0. The standard InChI is InChI=1S/C11H19N3O/c1-5-15-9-6-7-12-10(14-9)13-8-11(2,3)4/h6-7H,5,8H2,1-4H3,(H,12,13,14). The van der Waals surface area contributed by atoms with E-state index in [2.05, 4.69) is 36.1 Å². The number of anilines is 1. The molecule has 0 fully saturated rings. The first-order chi connectivity index (χ1) is 7.01. The fraction of sp³-hybridized carbons (Fsp3) is 0.636. The van der Waals surface area contributed by atoms with Gasteiger partial charge in [0.15, 0.2) is 0 Å². The Morgan fingerprint density at radius 3 is 2.73 bits per heavy atom. The lowest BCUT2D eigenvalue weighted by molar-refractivity contribution is 0.326. The van der Waals surface area contributed by atoms with Crippen LogP contribution in [0.2, 0.25) is 0 Å². The molecule has 0 saturated carbocycles. The van der Waals surface area contributed by atoms with Crippen molar-refractivity contribution in [2.24, 2.45) is 5.41 Å². The van der Waals surface area contributed by atoms with E-state index in [4.69, 9.17) is 4.74 Å². The summed E-state index contributed by atoms with van der Waals surface area (Å²) in [5.74, 6) is 1.24. The summed E-state index contributed by atoms with van der Waals surface area (Å²) in [5.41, 5.74) is 0.213. The monoisotopic (exact) mass is 209 g/mol. The van der Waals surface area contributed by atoms with Crippen molar-refractivity contribution in [3.8, 4) is 5.88 Å². The third kappa shape index (κ3) is 4.63. The summed E-state index contributed by atoms with van der Waals surface area (Å²) >= 11 is 0. The van der Waals surface area contributed by atoms with E-state index >= 15 is 0 Å². The van der Waals surface area contributed by atoms with Crippen molar-refractivity contribution in [2.75, 3.05) is 18.5 Å². The van der Waals surface area contributed by atoms with Crippen LogP contribution < -0.4 is 10.1 Å². The first-order valence-electron chi connectivity index (χ1n) is 5.21. The van der Waals surface area contributed by atoms with Gasteiger partial charge in [0.1, 0.15) is 0 Å². The van der Waals surface area contributed by atoms with Crippen molar-refractivity contribution in [2.45, 2.75) is 27.7 Å². The topological polar surface area (TPSA) is 47.0 Å². The zero-order chi connectivity index (χ0) is 11.3. The highest BCUT2D eigenvalue weighted by atomic mass is 16.5. The van der Waals surface area contributed by atoms with Crippen LogP contribution in [0.4, 0.5) is 5.95 Å². The molecule has 0 bridgehead atoms. The predicted molar refractivity (Wildman–Crippen MR) is 61.1 cm³/mol. The van der Waals surface area contributed by atoms with Crippen LogP contribution in [-0.2, 0) is 0 Å². The van der Waals surface area contributed by atoms with Gasteiger partial charge in [-0.3, -0.25) is 0 Å². The molecule has 0 aliphatic rings. The van der Waals surface area contributed by atoms with Gasteiger partial charge in [0.2, 0.25) is 11.8 Å². The molecule has 84 valence electrons. The number of hydrogen-bond acceptors (Lipinski definition) is 4. The molecule has 1 aromatic heterocycles. The first-order valence-corrected chi connectivity index (χ1v) is 5.21. The Kier molecular flexibility index (Phi) is 3.88. The van der Waals surface area contributed by atoms with E-state index in [1.54, 1.807) is 12.3 Å². The molecule has 0 aliphatic heterocycles. The van der Waals surface area contributed by atoms with Crippen LogP contribution in [0.5, 0.6) is 5.88 Å². The molecule has 4 heteroatoms. The maximum atomic E-state index is 5.29. The third-order valence-corrected chi connectivity index (χ3v) is 1.70. The number of ether oxygens (including phenoxy) is 1. The molecular formula is C11H19N3O. The molecule has 0 saturated heterocycles. The van der Waals surface area contributed by atoms with Crippen LogP contribution in [0.1, 0.15) is 27.7 Å². The van der Waals surface area contributed by atoms with Crippen LogP contribution in [0.25, 0.3) is 0 Å². The minimum absolute atomic E-state index is 0.213. The van der Waals surface area contributed by atoms with E-state index in [1.807, 2.05) is 6.92 Å². The van der Waals surface area contributed by atoms with Crippen LogP contribution in [0, 0.1) is 5.41 Å². The number of nitrogens with one attached hydrogen (secondary N) is 1. The van der Waals surface area contributed by atoms with Gasteiger partial charge in [-0.05, 0) is 12.3 Å². The quantitative estimate of drug-likeness (QED) is 0.826. The Morgan fingerprint density at radius 1 is 1.40 bits per heavy atom. The highest BCUT2D eigenvalue weighted by molar-refractivity contribution is 5.27. The van der Waals surface area contributed by atoms with E-state index in [1.165, 1.54) is 0 Å². The zero-order valence-corrected chi connectivity index (χ0v) is 9.87. The molecule has 0 aliphatic carbocycles. The second-order valence-electron chi connectivity index (χ2n) is 4.57. The number of nitrogens with zero attached hydrogens (tertiary/aromatic N) is 2. The van der Waals surface area contributed by atoms with E-state index in [0.717, 1.165) is 6.54 Å². The summed E-state index contributed by atoms with van der Waals surface area (Å²) in [6, 6.07) is 1.76. The molecule has 0 spiro atoms. The second-order valence-corrected chi connectivity index (χ2v) is 4.57. The summed E-state index contributed by atoms with van der Waals surface area (Å²) in [4.78, 5) is 8.34. The smallest absolute Gasteiger partial charge is 0.225 e. The number of rotatable bonds is 4. The van der Waals surface area contributed by atoms with Gasteiger partial charge in [-0.1, -0.05) is 20.8 Å². The SMILES string of the molecule is CCOc1ccnc(NCC(C)(C)C)n1. The fourth-order valence-corrected chi connectivity index (χ4v) is 1.000. The number of hydrogen-bond donors (Lipinski definition) is 1. The largest absolute Gasteiger partial charge is 0.478 e.